The van der Waals surface area contributed by atoms with Crippen LogP contribution in [-0.4, -0.2) is 27.4 Å². The summed E-state index contributed by atoms with van der Waals surface area (Å²) in [6, 6.07) is 9.62. The standard InChI is InChI=1S/C18H22N4O/c23-18(19-9-8-15-11-13-6-7-14(15)10-13)17-12-20-22(21-17)16-4-2-1-3-5-16/h1-5,12-15H,6-11H2,(H,19,23)/t13-,14-,15+/m0/s1. The number of fused-ring (bicyclic) bond motifs is 2. The average molecular weight is 310 g/mol. The fourth-order valence-corrected chi connectivity index (χ4v) is 4.24. The van der Waals surface area contributed by atoms with Gasteiger partial charge < -0.3 is 5.32 Å². The number of amides is 1. The number of benzene rings is 1. The van der Waals surface area contributed by atoms with E-state index in [1.54, 1.807) is 0 Å². The van der Waals surface area contributed by atoms with Crippen molar-refractivity contribution < 1.29 is 4.79 Å². The van der Waals surface area contributed by atoms with E-state index >= 15 is 0 Å². The molecular weight excluding hydrogens is 288 g/mol. The molecule has 3 atom stereocenters. The Kier molecular flexibility index (Phi) is 3.85. The van der Waals surface area contributed by atoms with Crippen molar-refractivity contribution >= 4 is 5.91 Å². The van der Waals surface area contributed by atoms with Crippen molar-refractivity contribution in [1.82, 2.24) is 20.3 Å². The smallest absolute Gasteiger partial charge is 0.273 e. The SMILES string of the molecule is O=C(NCC[C@@H]1C[C@H]2CC[C@H]1C2)c1cnn(-c2ccccc2)n1. The first-order valence-electron chi connectivity index (χ1n) is 8.55. The molecule has 5 heteroatoms. The van der Waals surface area contributed by atoms with Crippen LogP contribution >= 0.6 is 0 Å². The van der Waals surface area contributed by atoms with Gasteiger partial charge in [-0.3, -0.25) is 4.79 Å². The van der Waals surface area contributed by atoms with Crippen LogP contribution in [0.25, 0.3) is 5.69 Å². The maximum atomic E-state index is 12.2. The van der Waals surface area contributed by atoms with Gasteiger partial charge in [0.25, 0.3) is 5.91 Å². The van der Waals surface area contributed by atoms with Crippen LogP contribution in [0.4, 0.5) is 0 Å². The first-order valence-corrected chi connectivity index (χ1v) is 8.55. The number of para-hydroxylation sites is 1. The molecule has 1 aromatic carbocycles. The summed E-state index contributed by atoms with van der Waals surface area (Å²) in [5.74, 6) is 2.56. The molecule has 1 N–H and O–H groups in total. The van der Waals surface area contributed by atoms with Crippen molar-refractivity contribution in [2.75, 3.05) is 6.54 Å². The van der Waals surface area contributed by atoms with Crippen LogP contribution in [-0.2, 0) is 0 Å². The van der Waals surface area contributed by atoms with Crippen LogP contribution in [0.1, 0.15) is 42.6 Å². The summed E-state index contributed by atoms with van der Waals surface area (Å²) >= 11 is 0. The summed E-state index contributed by atoms with van der Waals surface area (Å²) in [6.07, 6.45) is 8.24. The number of carbonyl (C=O) groups is 1. The summed E-state index contributed by atoms with van der Waals surface area (Å²) < 4.78 is 0. The van der Waals surface area contributed by atoms with E-state index in [-0.39, 0.29) is 5.91 Å². The van der Waals surface area contributed by atoms with Crippen molar-refractivity contribution in [3.05, 3.63) is 42.2 Å². The highest BCUT2D eigenvalue weighted by molar-refractivity contribution is 5.91. The Morgan fingerprint density at radius 1 is 1.22 bits per heavy atom. The minimum atomic E-state index is -0.129. The monoisotopic (exact) mass is 310 g/mol. The lowest BCUT2D eigenvalue weighted by Gasteiger charge is -2.21. The molecule has 0 aliphatic heterocycles. The first kappa shape index (κ1) is 14.4. The van der Waals surface area contributed by atoms with Gasteiger partial charge in [-0.2, -0.15) is 9.90 Å². The Labute approximate surface area is 136 Å². The molecule has 0 radical (unpaired) electrons. The van der Waals surface area contributed by atoms with Crippen LogP contribution in [0.3, 0.4) is 0 Å². The van der Waals surface area contributed by atoms with Gasteiger partial charge in [0.1, 0.15) is 0 Å². The number of nitrogens with one attached hydrogen (secondary N) is 1. The molecule has 2 aliphatic carbocycles. The van der Waals surface area contributed by atoms with Gasteiger partial charge in [0.05, 0.1) is 11.9 Å². The predicted octanol–water partition coefficient (Wildman–Crippen LogP) is 2.82. The van der Waals surface area contributed by atoms with E-state index in [0.29, 0.717) is 5.69 Å². The number of carbonyl (C=O) groups excluding carboxylic acids is 1. The lowest BCUT2D eigenvalue weighted by Crippen LogP contribution is -2.27. The fraction of sp³-hybridized carbons (Fsp3) is 0.500. The number of nitrogens with zero attached hydrogens (tertiary/aromatic N) is 3. The highest BCUT2D eigenvalue weighted by Gasteiger charge is 2.38. The van der Waals surface area contributed by atoms with Crippen LogP contribution < -0.4 is 5.32 Å². The number of rotatable bonds is 5. The maximum Gasteiger partial charge on any atom is 0.273 e. The van der Waals surface area contributed by atoms with Gasteiger partial charge in [-0.15, -0.1) is 5.10 Å². The summed E-state index contributed by atoms with van der Waals surface area (Å²) in [4.78, 5) is 13.7. The molecule has 1 aromatic heterocycles. The third-order valence-electron chi connectivity index (χ3n) is 5.40. The second-order valence-electron chi connectivity index (χ2n) is 6.83. The van der Waals surface area contributed by atoms with Gasteiger partial charge in [-0.1, -0.05) is 24.6 Å². The Balaban J connectivity index is 1.30. The molecule has 5 nitrogen and oxygen atoms in total. The molecule has 0 saturated heterocycles. The molecular formula is C18H22N4O. The molecule has 2 bridgehead atoms. The van der Waals surface area contributed by atoms with E-state index in [1.165, 1.54) is 36.7 Å². The zero-order valence-electron chi connectivity index (χ0n) is 13.2. The third-order valence-corrected chi connectivity index (χ3v) is 5.40. The molecule has 2 aliphatic rings. The van der Waals surface area contributed by atoms with Crippen molar-refractivity contribution in [3.63, 3.8) is 0 Å². The molecule has 4 rings (SSSR count). The van der Waals surface area contributed by atoms with Crippen molar-refractivity contribution in [1.29, 1.82) is 0 Å². The molecule has 2 fully saturated rings. The summed E-state index contributed by atoms with van der Waals surface area (Å²) in [5, 5.41) is 11.4. The minimum absolute atomic E-state index is 0.129. The Bertz CT molecular complexity index is 681. The lowest BCUT2D eigenvalue weighted by atomic mass is 9.86. The van der Waals surface area contributed by atoms with Crippen LogP contribution in [0.2, 0.25) is 0 Å². The number of aromatic nitrogens is 3. The normalized spacial score (nSPS) is 25.7. The Morgan fingerprint density at radius 2 is 2.09 bits per heavy atom. The first-order chi connectivity index (χ1) is 11.3. The molecule has 0 unspecified atom stereocenters. The Morgan fingerprint density at radius 3 is 2.83 bits per heavy atom. The topological polar surface area (TPSA) is 59.8 Å². The largest absolute Gasteiger partial charge is 0.351 e. The third kappa shape index (κ3) is 3.00. The van der Waals surface area contributed by atoms with Crippen molar-refractivity contribution in [2.24, 2.45) is 17.8 Å². The summed E-state index contributed by atoms with van der Waals surface area (Å²) in [7, 11) is 0. The maximum absolute atomic E-state index is 12.2. The lowest BCUT2D eigenvalue weighted by molar-refractivity contribution is 0.0944. The van der Waals surface area contributed by atoms with E-state index in [9.17, 15) is 4.79 Å². The molecule has 120 valence electrons. The highest BCUT2D eigenvalue weighted by Crippen LogP contribution is 2.49. The van der Waals surface area contributed by atoms with Crippen LogP contribution in [0.5, 0.6) is 0 Å². The van der Waals surface area contributed by atoms with Gasteiger partial charge in [0, 0.05) is 6.54 Å². The van der Waals surface area contributed by atoms with E-state index in [1.807, 2.05) is 30.3 Å². The van der Waals surface area contributed by atoms with Crippen molar-refractivity contribution in [3.8, 4) is 5.69 Å². The molecule has 23 heavy (non-hydrogen) atoms. The summed E-state index contributed by atoms with van der Waals surface area (Å²) in [6.45, 7) is 0.741. The van der Waals surface area contributed by atoms with E-state index in [0.717, 1.165) is 36.4 Å². The average Bonchev–Trinajstić information content (AvgIpc) is 3.32. The zero-order chi connectivity index (χ0) is 15.6. The minimum Gasteiger partial charge on any atom is -0.351 e. The van der Waals surface area contributed by atoms with Crippen LogP contribution in [0, 0.1) is 17.8 Å². The zero-order valence-corrected chi connectivity index (χ0v) is 13.2. The molecule has 1 amide bonds. The van der Waals surface area contributed by atoms with E-state index in [4.69, 9.17) is 0 Å². The van der Waals surface area contributed by atoms with Gasteiger partial charge in [0.2, 0.25) is 0 Å². The van der Waals surface area contributed by atoms with Crippen molar-refractivity contribution in [2.45, 2.75) is 32.1 Å². The number of hydrogen-bond donors (Lipinski definition) is 1. The highest BCUT2D eigenvalue weighted by atomic mass is 16.2. The van der Waals surface area contributed by atoms with Gasteiger partial charge in [-0.25, -0.2) is 0 Å². The molecule has 1 heterocycles. The molecule has 2 saturated carbocycles. The predicted molar refractivity (Wildman–Crippen MR) is 87.2 cm³/mol. The van der Waals surface area contributed by atoms with Gasteiger partial charge in [0.15, 0.2) is 5.69 Å². The fourth-order valence-electron chi connectivity index (χ4n) is 4.24. The molecule has 0 spiro atoms. The number of hydrogen-bond acceptors (Lipinski definition) is 3. The van der Waals surface area contributed by atoms with E-state index < -0.39 is 0 Å². The van der Waals surface area contributed by atoms with Crippen LogP contribution in [0.15, 0.2) is 36.5 Å². The van der Waals surface area contributed by atoms with Gasteiger partial charge in [-0.05, 0) is 55.6 Å². The quantitative estimate of drug-likeness (QED) is 0.924. The summed E-state index contributed by atoms with van der Waals surface area (Å²) in [5.41, 5.74) is 1.23. The second-order valence-corrected chi connectivity index (χ2v) is 6.83. The van der Waals surface area contributed by atoms with Gasteiger partial charge >= 0.3 is 0 Å². The van der Waals surface area contributed by atoms with E-state index in [2.05, 4.69) is 15.5 Å². The second kappa shape index (κ2) is 6.14. The molecule has 2 aromatic rings. The Hall–Kier alpha value is -2.17.